The molecule has 2 saturated heterocycles. The standard InChI is InChI=1S/C16H31B2NO5/c1-13(2)14(3,4)22-17(21-13)11(9-10-12(19)20)18-23-15(5,6)16(7,8)24-18/h11H,9-10H2,1-8H3,(H2,19,20). The van der Waals surface area contributed by atoms with Crippen LogP contribution >= 0.6 is 0 Å². The van der Waals surface area contributed by atoms with Crippen molar-refractivity contribution in [2.24, 2.45) is 5.73 Å². The Bertz CT molecular complexity index is 439. The van der Waals surface area contributed by atoms with Gasteiger partial charge in [0.05, 0.1) is 22.4 Å². The number of nitrogens with two attached hydrogens (primary N) is 1. The maximum atomic E-state index is 11.3. The number of hydrogen-bond donors (Lipinski definition) is 1. The molecule has 0 aromatic rings. The number of amides is 1. The summed E-state index contributed by atoms with van der Waals surface area (Å²) < 4.78 is 24.7. The van der Waals surface area contributed by atoms with Gasteiger partial charge in [0.1, 0.15) is 0 Å². The minimum absolute atomic E-state index is 0.235. The van der Waals surface area contributed by atoms with Gasteiger partial charge in [-0.2, -0.15) is 0 Å². The van der Waals surface area contributed by atoms with E-state index in [2.05, 4.69) is 0 Å². The third kappa shape index (κ3) is 3.52. The average molecular weight is 339 g/mol. The topological polar surface area (TPSA) is 80.0 Å². The van der Waals surface area contributed by atoms with E-state index in [4.69, 9.17) is 24.4 Å². The number of carbonyl (C=O) groups is 1. The molecule has 2 N–H and O–H groups in total. The summed E-state index contributed by atoms with van der Waals surface area (Å²) in [4.78, 5) is 11.3. The molecular weight excluding hydrogens is 308 g/mol. The fraction of sp³-hybridized carbons (Fsp3) is 0.938. The number of rotatable bonds is 5. The quantitative estimate of drug-likeness (QED) is 0.778. The van der Waals surface area contributed by atoms with Gasteiger partial charge in [0.15, 0.2) is 0 Å². The summed E-state index contributed by atoms with van der Waals surface area (Å²) in [6.07, 6.45) is 0.724. The number of primary amides is 1. The molecule has 0 unspecified atom stereocenters. The molecule has 1 amide bonds. The normalized spacial score (nSPS) is 27.0. The van der Waals surface area contributed by atoms with Crippen molar-refractivity contribution in [1.82, 2.24) is 0 Å². The van der Waals surface area contributed by atoms with Crippen molar-refractivity contribution in [3.05, 3.63) is 0 Å². The van der Waals surface area contributed by atoms with Crippen LogP contribution in [0.5, 0.6) is 0 Å². The summed E-state index contributed by atoms with van der Waals surface area (Å²) in [6, 6.07) is 0. The molecule has 0 atom stereocenters. The van der Waals surface area contributed by atoms with Crippen LogP contribution in [0.2, 0.25) is 5.72 Å². The summed E-state index contributed by atoms with van der Waals surface area (Å²) in [5, 5.41) is 0. The first-order valence-electron chi connectivity index (χ1n) is 8.68. The first-order valence-corrected chi connectivity index (χ1v) is 8.68. The molecule has 2 aliphatic rings. The zero-order chi connectivity index (χ0) is 18.6. The molecule has 0 saturated carbocycles. The third-order valence-electron chi connectivity index (χ3n) is 5.97. The predicted molar refractivity (Wildman–Crippen MR) is 94.3 cm³/mol. The lowest BCUT2D eigenvalue weighted by Gasteiger charge is -2.32. The lowest BCUT2D eigenvalue weighted by Crippen LogP contribution is -2.41. The second kappa shape index (κ2) is 6.01. The number of carbonyl (C=O) groups excluding carboxylic acids is 1. The van der Waals surface area contributed by atoms with Crippen LogP contribution in [-0.4, -0.2) is 42.5 Å². The summed E-state index contributed by atoms with van der Waals surface area (Å²) in [5.41, 5.74) is 3.30. The monoisotopic (exact) mass is 339 g/mol. The molecule has 0 aromatic heterocycles. The van der Waals surface area contributed by atoms with Crippen molar-refractivity contribution in [2.75, 3.05) is 0 Å². The highest BCUT2D eigenvalue weighted by atomic mass is 16.7. The summed E-state index contributed by atoms with van der Waals surface area (Å²) in [5.74, 6) is -0.354. The van der Waals surface area contributed by atoms with Crippen molar-refractivity contribution < 1.29 is 23.4 Å². The molecule has 0 bridgehead atoms. The highest BCUT2D eigenvalue weighted by molar-refractivity contribution is 6.68. The van der Waals surface area contributed by atoms with Crippen LogP contribution in [0.15, 0.2) is 0 Å². The van der Waals surface area contributed by atoms with Gasteiger partial charge in [-0.25, -0.2) is 0 Å². The van der Waals surface area contributed by atoms with Gasteiger partial charge in [0.25, 0.3) is 0 Å². The first kappa shape index (κ1) is 19.8. The Morgan fingerprint density at radius 2 is 1.08 bits per heavy atom. The fourth-order valence-electron chi connectivity index (χ4n) is 2.84. The molecule has 2 heterocycles. The fourth-order valence-corrected chi connectivity index (χ4v) is 2.84. The predicted octanol–water partition coefficient (Wildman–Crippen LogP) is 2.35. The molecule has 2 rings (SSSR count). The van der Waals surface area contributed by atoms with Gasteiger partial charge in [0.2, 0.25) is 5.91 Å². The zero-order valence-electron chi connectivity index (χ0n) is 16.3. The van der Waals surface area contributed by atoms with Gasteiger partial charge >= 0.3 is 14.2 Å². The minimum atomic E-state index is -0.510. The molecule has 6 nitrogen and oxygen atoms in total. The Balaban J connectivity index is 2.23. The van der Waals surface area contributed by atoms with Gasteiger partial charge in [0, 0.05) is 12.1 Å². The second-order valence-corrected chi connectivity index (χ2v) is 8.92. The largest absolute Gasteiger partial charge is 0.458 e. The molecule has 0 spiro atoms. The van der Waals surface area contributed by atoms with Crippen LogP contribution in [0.3, 0.4) is 0 Å². The SMILES string of the molecule is CC1(C)OB(C(CCC(N)=O)B2OC(C)(C)C(C)(C)O2)OC1(C)C. The van der Waals surface area contributed by atoms with Crippen molar-refractivity contribution in [2.45, 2.75) is 96.4 Å². The van der Waals surface area contributed by atoms with E-state index in [-0.39, 0.29) is 18.0 Å². The summed E-state index contributed by atoms with van der Waals surface area (Å²) >= 11 is 0. The van der Waals surface area contributed by atoms with Gasteiger partial charge < -0.3 is 24.4 Å². The van der Waals surface area contributed by atoms with E-state index in [9.17, 15) is 4.79 Å². The van der Waals surface area contributed by atoms with Crippen LogP contribution in [0.4, 0.5) is 0 Å². The molecule has 0 radical (unpaired) electrons. The lowest BCUT2D eigenvalue weighted by molar-refractivity contribution is -0.118. The van der Waals surface area contributed by atoms with Gasteiger partial charge in [-0.05, 0) is 61.8 Å². The van der Waals surface area contributed by atoms with E-state index in [1.165, 1.54) is 0 Å². The molecule has 136 valence electrons. The second-order valence-electron chi connectivity index (χ2n) is 8.92. The van der Waals surface area contributed by atoms with E-state index in [0.717, 1.165) is 0 Å². The Morgan fingerprint density at radius 1 is 0.792 bits per heavy atom. The van der Waals surface area contributed by atoms with Gasteiger partial charge in [-0.3, -0.25) is 4.79 Å². The maximum Gasteiger partial charge on any atom is 0.458 e. The molecular formula is C16H31B2NO5. The van der Waals surface area contributed by atoms with E-state index in [0.29, 0.717) is 6.42 Å². The van der Waals surface area contributed by atoms with Crippen LogP contribution in [0.25, 0.3) is 0 Å². The highest BCUT2D eigenvalue weighted by Crippen LogP contribution is 2.46. The van der Waals surface area contributed by atoms with Crippen molar-refractivity contribution in [3.8, 4) is 0 Å². The Kier molecular flexibility index (Phi) is 4.95. The smallest absolute Gasteiger partial charge is 0.403 e. The first-order chi connectivity index (χ1) is 10.7. The highest BCUT2D eigenvalue weighted by Gasteiger charge is 2.61. The lowest BCUT2D eigenvalue weighted by atomic mass is 9.50. The van der Waals surface area contributed by atoms with E-state index < -0.39 is 36.6 Å². The average Bonchev–Trinajstić information content (AvgIpc) is 2.68. The Hall–Kier alpha value is -0.560. The van der Waals surface area contributed by atoms with Crippen molar-refractivity contribution in [3.63, 3.8) is 0 Å². The number of hydrogen-bond acceptors (Lipinski definition) is 5. The van der Waals surface area contributed by atoms with Crippen molar-refractivity contribution in [1.29, 1.82) is 0 Å². The third-order valence-corrected chi connectivity index (χ3v) is 5.97. The van der Waals surface area contributed by atoms with E-state index in [1.54, 1.807) is 0 Å². The van der Waals surface area contributed by atoms with Crippen LogP contribution < -0.4 is 5.73 Å². The maximum absolute atomic E-state index is 11.3. The zero-order valence-corrected chi connectivity index (χ0v) is 16.3. The van der Waals surface area contributed by atoms with Gasteiger partial charge in [-0.1, -0.05) is 0 Å². The molecule has 0 aliphatic carbocycles. The van der Waals surface area contributed by atoms with E-state index in [1.807, 2.05) is 55.4 Å². The Morgan fingerprint density at radius 3 is 1.33 bits per heavy atom. The van der Waals surface area contributed by atoms with Crippen molar-refractivity contribution >= 4 is 20.1 Å². The van der Waals surface area contributed by atoms with Crippen LogP contribution in [0, 0.1) is 0 Å². The molecule has 2 aliphatic heterocycles. The minimum Gasteiger partial charge on any atom is -0.403 e. The van der Waals surface area contributed by atoms with E-state index >= 15 is 0 Å². The van der Waals surface area contributed by atoms with Crippen LogP contribution in [0.1, 0.15) is 68.2 Å². The molecule has 0 aromatic carbocycles. The van der Waals surface area contributed by atoms with Crippen LogP contribution in [-0.2, 0) is 23.4 Å². The molecule has 2 fully saturated rings. The summed E-state index contributed by atoms with van der Waals surface area (Å²) in [6.45, 7) is 16.0. The van der Waals surface area contributed by atoms with Gasteiger partial charge in [-0.15, -0.1) is 0 Å². The molecule has 8 heteroatoms. The Labute approximate surface area is 146 Å². The summed E-state index contributed by atoms with van der Waals surface area (Å²) in [7, 11) is -1.02. The molecule has 24 heavy (non-hydrogen) atoms.